The van der Waals surface area contributed by atoms with Crippen LogP contribution < -0.4 is 5.32 Å². The third-order valence-corrected chi connectivity index (χ3v) is 4.69. The van der Waals surface area contributed by atoms with Crippen molar-refractivity contribution in [3.8, 4) is 0 Å². The monoisotopic (exact) mass is 297 g/mol. The highest BCUT2D eigenvalue weighted by atomic mass is 16.5. The topological polar surface area (TPSA) is 44.8 Å². The summed E-state index contributed by atoms with van der Waals surface area (Å²) in [7, 11) is 0. The molecular formula is C16H31N3O2. The number of hydrogen-bond donors (Lipinski definition) is 1. The number of esters is 1. The first-order valence-corrected chi connectivity index (χ1v) is 8.47. The number of carbonyl (C=O) groups excluding carboxylic acids is 1. The van der Waals surface area contributed by atoms with Gasteiger partial charge in [0.2, 0.25) is 0 Å². The molecule has 5 heteroatoms. The van der Waals surface area contributed by atoms with Gasteiger partial charge < -0.3 is 15.0 Å². The van der Waals surface area contributed by atoms with E-state index in [4.69, 9.17) is 4.74 Å². The van der Waals surface area contributed by atoms with Crippen molar-refractivity contribution in [2.24, 2.45) is 0 Å². The summed E-state index contributed by atoms with van der Waals surface area (Å²) in [4.78, 5) is 17.3. The van der Waals surface area contributed by atoms with Crippen LogP contribution in [-0.2, 0) is 9.53 Å². The van der Waals surface area contributed by atoms with Crippen molar-refractivity contribution in [3.05, 3.63) is 0 Å². The van der Waals surface area contributed by atoms with E-state index in [9.17, 15) is 4.79 Å². The van der Waals surface area contributed by atoms with E-state index in [0.717, 1.165) is 38.6 Å². The average molecular weight is 297 g/mol. The van der Waals surface area contributed by atoms with Gasteiger partial charge in [-0.3, -0.25) is 9.69 Å². The molecule has 122 valence electrons. The van der Waals surface area contributed by atoms with Crippen LogP contribution in [0.15, 0.2) is 0 Å². The highest BCUT2D eigenvalue weighted by Crippen LogP contribution is 2.27. The second-order valence-corrected chi connectivity index (χ2v) is 6.44. The molecule has 1 saturated heterocycles. The molecule has 2 aliphatic rings. The minimum absolute atomic E-state index is 0.122. The number of ether oxygens (including phenoxy) is 1. The van der Waals surface area contributed by atoms with Crippen molar-refractivity contribution >= 4 is 5.97 Å². The normalized spacial score (nSPS) is 23.8. The van der Waals surface area contributed by atoms with E-state index in [1.807, 2.05) is 20.8 Å². The minimum atomic E-state index is -0.557. The van der Waals surface area contributed by atoms with E-state index in [1.54, 1.807) is 0 Å². The lowest BCUT2D eigenvalue weighted by atomic mass is 9.97. The molecule has 0 aromatic heterocycles. The van der Waals surface area contributed by atoms with Gasteiger partial charge in [-0.25, -0.2) is 0 Å². The predicted molar refractivity (Wildman–Crippen MR) is 84.4 cm³/mol. The summed E-state index contributed by atoms with van der Waals surface area (Å²) in [5.74, 6) is -0.122. The number of nitrogens with zero attached hydrogens (tertiary/aromatic N) is 2. The van der Waals surface area contributed by atoms with Crippen LogP contribution in [0.5, 0.6) is 0 Å². The van der Waals surface area contributed by atoms with Crippen LogP contribution >= 0.6 is 0 Å². The highest BCUT2D eigenvalue weighted by Gasteiger charge is 2.35. The van der Waals surface area contributed by atoms with Crippen LogP contribution in [0.4, 0.5) is 0 Å². The summed E-state index contributed by atoms with van der Waals surface area (Å²) in [6, 6.07) is 0.874. The van der Waals surface area contributed by atoms with Gasteiger partial charge in [0.15, 0.2) is 0 Å². The molecule has 1 aliphatic heterocycles. The van der Waals surface area contributed by atoms with Gasteiger partial charge in [-0.1, -0.05) is 6.92 Å². The molecule has 0 spiro atoms. The van der Waals surface area contributed by atoms with E-state index >= 15 is 0 Å². The van der Waals surface area contributed by atoms with Gasteiger partial charge in [-0.05, 0) is 39.7 Å². The molecule has 1 atom stereocenters. The van der Waals surface area contributed by atoms with E-state index in [1.165, 1.54) is 25.9 Å². The molecule has 21 heavy (non-hydrogen) atoms. The quantitative estimate of drug-likeness (QED) is 0.680. The largest absolute Gasteiger partial charge is 0.465 e. The lowest BCUT2D eigenvalue weighted by molar-refractivity contribution is -0.151. The number of hydrogen-bond acceptors (Lipinski definition) is 5. The summed E-state index contributed by atoms with van der Waals surface area (Å²) in [6.45, 7) is 12.7. The molecule has 0 bridgehead atoms. The predicted octanol–water partition coefficient (Wildman–Crippen LogP) is 1.09. The van der Waals surface area contributed by atoms with Crippen LogP contribution in [0.1, 0.15) is 40.0 Å². The molecule has 2 fully saturated rings. The maximum Gasteiger partial charge on any atom is 0.326 e. The smallest absolute Gasteiger partial charge is 0.326 e. The lowest BCUT2D eigenvalue weighted by Crippen LogP contribution is -2.54. The SMILES string of the molecule is CCNC(C)(CCN1CCN(C2CC2)CC1)C(=O)OCC. The van der Waals surface area contributed by atoms with Crippen molar-refractivity contribution in [3.63, 3.8) is 0 Å². The Morgan fingerprint density at radius 1 is 1.24 bits per heavy atom. The summed E-state index contributed by atoms with van der Waals surface area (Å²) in [6.07, 6.45) is 3.59. The number of piperazine rings is 1. The van der Waals surface area contributed by atoms with Crippen molar-refractivity contribution in [2.45, 2.75) is 51.6 Å². The molecular weight excluding hydrogens is 266 g/mol. The second kappa shape index (κ2) is 7.56. The number of nitrogens with one attached hydrogen (secondary N) is 1. The van der Waals surface area contributed by atoms with Gasteiger partial charge in [-0.2, -0.15) is 0 Å². The van der Waals surface area contributed by atoms with Crippen LogP contribution in [0.25, 0.3) is 0 Å². The Kier molecular flexibility index (Phi) is 6.02. The van der Waals surface area contributed by atoms with Gasteiger partial charge in [0.05, 0.1) is 6.61 Å². The summed E-state index contributed by atoms with van der Waals surface area (Å²) in [5.41, 5.74) is -0.557. The Morgan fingerprint density at radius 3 is 2.43 bits per heavy atom. The Hall–Kier alpha value is -0.650. The number of likely N-dealkylation sites (N-methyl/N-ethyl adjacent to an activating group) is 1. The Balaban J connectivity index is 1.77. The average Bonchev–Trinajstić information content (AvgIpc) is 3.31. The zero-order valence-corrected chi connectivity index (χ0v) is 13.9. The lowest BCUT2D eigenvalue weighted by Gasteiger charge is -2.37. The maximum absolute atomic E-state index is 12.2. The first-order chi connectivity index (χ1) is 10.1. The first-order valence-electron chi connectivity index (χ1n) is 8.47. The van der Waals surface area contributed by atoms with Gasteiger partial charge in [0.1, 0.15) is 5.54 Å². The van der Waals surface area contributed by atoms with Crippen LogP contribution in [0, 0.1) is 0 Å². The van der Waals surface area contributed by atoms with Gasteiger partial charge >= 0.3 is 5.97 Å². The fourth-order valence-electron chi connectivity index (χ4n) is 3.12. The van der Waals surface area contributed by atoms with Crippen molar-refractivity contribution in [2.75, 3.05) is 45.9 Å². The molecule has 1 unspecified atom stereocenters. The fraction of sp³-hybridized carbons (Fsp3) is 0.938. The summed E-state index contributed by atoms with van der Waals surface area (Å²) >= 11 is 0. The Bertz CT molecular complexity index is 338. The summed E-state index contributed by atoms with van der Waals surface area (Å²) in [5, 5.41) is 3.31. The van der Waals surface area contributed by atoms with Crippen molar-refractivity contribution < 1.29 is 9.53 Å². The van der Waals surface area contributed by atoms with Crippen molar-refractivity contribution in [1.82, 2.24) is 15.1 Å². The highest BCUT2D eigenvalue weighted by molar-refractivity contribution is 5.80. The third kappa shape index (κ3) is 4.66. The second-order valence-electron chi connectivity index (χ2n) is 6.44. The van der Waals surface area contributed by atoms with Crippen LogP contribution in [-0.4, -0.2) is 73.2 Å². The Morgan fingerprint density at radius 2 is 1.90 bits per heavy atom. The summed E-state index contributed by atoms with van der Waals surface area (Å²) < 4.78 is 5.23. The molecule has 1 heterocycles. The molecule has 0 amide bonds. The first kappa shape index (κ1) is 16.7. The number of rotatable bonds is 8. The molecule has 1 saturated carbocycles. The van der Waals surface area contributed by atoms with E-state index < -0.39 is 5.54 Å². The minimum Gasteiger partial charge on any atom is -0.465 e. The van der Waals surface area contributed by atoms with Crippen molar-refractivity contribution in [1.29, 1.82) is 0 Å². The Labute approximate surface area is 129 Å². The zero-order valence-electron chi connectivity index (χ0n) is 13.9. The molecule has 2 rings (SSSR count). The fourth-order valence-corrected chi connectivity index (χ4v) is 3.12. The molecule has 1 aliphatic carbocycles. The third-order valence-electron chi connectivity index (χ3n) is 4.69. The van der Waals surface area contributed by atoms with E-state index in [2.05, 4.69) is 15.1 Å². The van der Waals surface area contributed by atoms with E-state index in [0.29, 0.717) is 6.61 Å². The zero-order chi connectivity index (χ0) is 15.3. The van der Waals surface area contributed by atoms with E-state index in [-0.39, 0.29) is 5.97 Å². The molecule has 0 radical (unpaired) electrons. The van der Waals surface area contributed by atoms with Gasteiger partial charge in [-0.15, -0.1) is 0 Å². The standard InChI is InChI=1S/C16H31N3O2/c1-4-17-16(3,15(20)21-5-2)8-9-18-10-12-19(13-11-18)14-6-7-14/h14,17H,4-13H2,1-3H3. The maximum atomic E-state index is 12.2. The molecule has 0 aromatic carbocycles. The number of carbonyl (C=O) groups is 1. The molecule has 1 N–H and O–H groups in total. The van der Waals surface area contributed by atoms with Crippen LogP contribution in [0.2, 0.25) is 0 Å². The molecule has 5 nitrogen and oxygen atoms in total. The van der Waals surface area contributed by atoms with Crippen LogP contribution in [0.3, 0.4) is 0 Å². The molecule has 0 aromatic rings. The van der Waals surface area contributed by atoms with Gasteiger partial charge in [0, 0.05) is 38.8 Å². The van der Waals surface area contributed by atoms with Gasteiger partial charge in [0.25, 0.3) is 0 Å².